The van der Waals surface area contributed by atoms with E-state index in [2.05, 4.69) is 5.32 Å². The summed E-state index contributed by atoms with van der Waals surface area (Å²) in [5.41, 5.74) is 1.65. The van der Waals surface area contributed by atoms with Gasteiger partial charge in [-0.15, -0.1) is 0 Å². The Morgan fingerprint density at radius 3 is 2.54 bits per heavy atom. The Hall–Kier alpha value is -3.34. The van der Waals surface area contributed by atoms with Crippen LogP contribution in [0.4, 0.5) is 10.5 Å². The molecule has 1 aliphatic heterocycles. The fourth-order valence-electron chi connectivity index (χ4n) is 3.55. The van der Waals surface area contributed by atoms with Crippen LogP contribution in [0, 0.1) is 0 Å². The zero-order valence-corrected chi connectivity index (χ0v) is 15.5. The first-order valence-corrected chi connectivity index (χ1v) is 9.48. The van der Waals surface area contributed by atoms with E-state index >= 15 is 0 Å². The van der Waals surface area contributed by atoms with Gasteiger partial charge in [-0.3, -0.25) is 9.69 Å². The highest BCUT2D eigenvalue weighted by atomic mass is 16.6. The maximum absolute atomic E-state index is 12.8. The molecular weight excluding hydrogens is 352 g/mol. The molecule has 1 heterocycles. The molecule has 1 N–H and O–H groups in total. The number of nitrogens with one attached hydrogen (secondary N) is 1. The van der Waals surface area contributed by atoms with Crippen LogP contribution in [0.2, 0.25) is 0 Å². The average molecular weight is 374 g/mol. The number of carbonyl (C=O) groups is 2. The molecule has 142 valence electrons. The summed E-state index contributed by atoms with van der Waals surface area (Å²) in [4.78, 5) is 26.8. The van der Waals surface area contributed by atoms with Gasteiger partial charge < -0.3 is 10.1 Å². The molecule has 28 heavy (non-hydrogen) atoms. The van der Waals surface area contributed by atoms with Crippen LogP contribution in [0.3, 0.4) is 0 Å². The number of likely N-dealkylation sites (tertiary alicyclic amines) is 1. The van der Waals surface area contributed by atoms with Crippen LogP contribution in [0.1, 0.15) is 18.4 Å². The topological polar surface area (TPSA) is 58.6 Å². The number of hydrogen-bond acceptors (Lipinski definition) is 3. The van der Waals surface area contributed by atoms with Crippen molar-refractivity contribution >= 4 is 28.5 Å². The van der Waals surface area contributed by atoms with Gasteiger partial charge in [0.2, 0.25) is 5.91 Å². The highest BCUT2D eigenvalue weighted by molar-refractivity contribution is 5.98. The lowest BCUT2D eigenvalue weighted by molar-refractivity contribution is -0.120. The number of hydrogen-bond donors (Lipinski definition) is 1. The van der Waals surface area contributed by atoms with Gasteiger partial charge in [-0.25, -0.2) is 4.79 Å². The van der Waals surface area contributed by atoms with Crippen molar-refractivity contribution in [3.05, 3.63) is 78.4 Å². The molecule has 1 fully saturated rings. The third kappa shape index (κ3) is 3.98. The molecule has 1 unspecified atom stereocenters. The average Bonchev–Trinajstić information content (AvgIpc) is 3.23. The van der Waals surface area contributed by atoms with E-state index in [9.17, 15) is 9.59 Å². The lowest BCUT2D eigenvalue weighted by Gasteiger charge is -2.23. The van der Waals surface area contributed by atoms with Gasteiger partial charge in [0.25, 0.3) is 0 Å². The fourth-order valence-corrected chi connectivity index (χ4v) is 3.55. The summed E-state index contributed by atoms with van der Waals surface area (Å²) >= 11 is 0. The normalized spacial score (nSPS) is 16.1. The first-order chi connectivity index (χ1) is 13.7. The Balaban J connectivity index is 1.40. The summed E-state index contributed by atoms with van der Waals surface area (Å²) in [6, 6.07) is 22.8. The van der Waals surface area contributed by atoms with E-state index in [1.165, 1.54) is 4.90 Å². The second-order valence-corrected chi connectivity index (χ2v) is 6.94. The minimum absolute atomic E-state index is 0.176. The van der Waals surface area contributed by atoms with Crippen LogP contribution >= 0.6 is 0 Å². The van der Waals surface area contributed by atoms with Crippen molar-refractivity contribution in [2.45, 2.75) is 25.5 Å². The minimum Gasteiger partial charge on any atom is -0.445 e. The molecule has 5 heteroatoms. The number of rotatable bonds is 4. The van der Waals surface area contributed by atoms with Crippen LogP contribution < -0.4 is 5.32 Å². The van der Waals surface area contributed by atoms with E-state index in [4.69, 9.17) is 4.74 Å². The molecule has 0 bridgehead atoms. The second-order valence-electron chi connectivity index (χ2n) is 6.94. The third-order valence-electron chi connectivity index (χ3n) is 5.01. The van der Waals surface area contributed by atoms with Crippen LogP contribution in [0.25, 0.3) is 10.8 Å². The van der Waals surface area contributed by atoms with Crippen LogP contribution in [0.5, 0.6) is 0 Å². The maximum Gasteiger partial charge on any atom is 0.410 e. The summed E-state index contributed by atoms with van der Waals surface area (Å²) < 4.78 is 5.41. The number of nitrogens with zero attached hydrogens (tertiary/aromatic N) is 1. The number of anilines is 1. The summed E-state index contributed by atoms with van der Waals surface area (Å²) in [5.74, 6) is -0.176. The lowest BCUT2D eigenvalue weighted by Crippen LogP contribution is -2.43. The Bertz CT molecular complexity index is 987. The summed E-state index contributed by atoms with van der Waals surface area (Å²) in [6.45, 7) is 0.735. The van der Waals surface area contributed by atoms with E-state index in [0.717, 1.165) is 28.4 Å². The van der Waals surface area contributed by atoms with E-state index in [1.54, 1.807) is 0 Å². The molecular formula is C23H22N2O3. The summed E-state index contributed by atoms with van der Waals surface area (Å²) in [5, 5.41) is 5.13. The highest BCUT2D eigenvalue weighted by Gasteiger charge is 2.35. The monoisotopic (exact) mass is 374 g/mol. The first-order valence-electron chi connectivity index (χ1n) is 9.48. The van der Waals surface area contributed by atoms with Gasteiger partial charge in [-0.1, -0.05) is 60.7 Å². The molecule has 2 amide bonds. The third-order valence-corrected chi connectivity index (χ3v) is 5.01. The molecule has 0 saturated carbocycles. The molecule has 4 rings (SSSR count). The summed E-state index contributed by atoms with van der Waals surface area (Å²) in [7, 11) is 0. The molecule has 0 aromatic heterocycles. The van der Waals surface area contributed by atoms with Crippen molar-refractivity contribution in [1.29, 1.82) is 0 Å². The van der Waals surface area contributed by atoms with Crippen LogP contribution in [0.15, 0.2) is 72.8 Å². The van der Waals surface area contributed by atoms with Crippen molar-refractivity contribution in [3.63, 3.8) is 0 Å². The molecule has 3 aromatic carbocycles. The maximum atomic E-state index is 12.8. The van der Waals surface area contributed by atoms with Crippen LogP contribution in [-0.2, 0) is 16.1 Å². The number of ether oxygens (including phenoxy) is 1. The molecule has 0 spiro atoms. The molecule has 1 saturated heterocycles. The van der Waals surface area contributed by atoms with Gasteiger partial charge in [-0.2, -0.15) is 0 Å². The molecule has 3 aromatic rings. The van der Waals surface area contributed by atoms with E-state index in [-0.39, 0.29) is 12.5 Å². The number of amides is 2. The quantitative estimate of drug-likeness (QED) is 0.727. The van der Waals surface area contributed by atoms with Crippen molar-refractivity contribution in [3.8, 4) is 0 Å². The predicted molar refractivity (Wildman–Crippen MR) is 109 cm³/mol. The van der Waals surface area contributed by atoms with Crippen molar-refractivity contribution < 1.29 is 14.3 Å². The zero-order valence-electron chi connectivity index (χ0n) is 15.5. The zero-order chi connectivity index (χ0) is 19.3. The van der Waals surface area contributed by atoms with Gasteiger partial charge in [0.05, 0.1) is 0 Å². The van der Waals surface area contributed by atoms with Gasteiger partial charge in [0.15, 0.2) is 0 Å². The Morgan fingerprint density at radius 1 is 0.964 bits per heavy atom. The van der Waals surface area contributed by atoms with Crippen molar-refractivity contribution in [2.24, 2.45) is 0 Å². The van der Waals surface area contributed by atoms with Crippen LogP contribution in [-0.4, -0.2) is 29.5 Å². The number of benzene rings is 3. The fraction of sp³-hybridized carbons (Fsp3) is 0.217. The minimum atomic E-state index is -0.505. The van der Waals surface area contributed by atoms with E-state index in [0.29, 0.717) is 13.0 Å². The molecule has 5 nitrogen and oxygen atoms in total. The lowest BCUT2D eigenvalue weighted by atomic mass is 10.1. The highest BCUT2D eigenvalue weighted by Crippen LogP contribution is 2.23. The number of carbonyl (C=O) groups excluding carboxylic acids is 2. The predicted octanol–water partition coefficient (Wildman–Crippen LogP) is 4.58. The van der Waals surface area contributed by atoms with Crippen molar-refractivity contribution in [2.75, 3.05) is 11.9 Å². The Labute approximate surface area is 163 Å². The van der Waals surface area contributed by atoms with Gasteiger partial charge in [-0.05, 0) is 41.3 Å². The smallest absolute Gasteiger partial charge is 0.410 e. The van der Waals surface area contributed by atoms with E-state index in [1.807, 2.05) is 72.8 Å². The first kappa shape index (κ1) is 18.0. The van der Waals surface area contributed by atoms with Gasteiger partial charge >= 0.3 is 6.09 Å². The number of fused-ring (bicyclic) bond motifs is 1. The van der Waals surface area contributed by atoms with Crippen molar-refractivity contribution in [1.82, 2.24) is 4.90 Å². The molecule has 0 radical (unpaired) electrons. The molecule has 1 atom stereocenters. The standard InChI is InChI=1S/C23H22N2O3/c26-22(24-20-13-12-18-9-4-5-10-19(18)15-20)21-11-6-14-25(21)23(27)28-16-17-7-2-1-3-8-17/h1-5,7-10,12-13,15,21H,6,11,14,16H2,(H,24,26). The second kappa shape index (κ2) is 8.13. The largest absolute Gasteiger partial charge is 0.445 e. The summed E-state index contributed by atoms with van der Waals surface area (Å²) in [6.07, 6.45) is 0.982. The Kier molecular flexibility index (Phi) is 5.24. The van der Waals surface area contributed by atoms with Gasteiger partial charge in [0, 0.05) is 12.2 Å². The van der Waals surface area contributed by atoms with E-state index < -0.39 is 12.1 Å². The Morgan fingerprint density at radius 2 is 1.71 bits per heavy atom. The molecule has 0 aliphatic carbocycles. The molecule has 1 aliphatic rings. The van der Waals surface area contributed by atoms with Gasteiger partial charge in [0.1, 0.15) is 12.6 Å². The SMILES string of the molecule is O=C(Nc1ccc2ccccc2c1)C1CCCN1C(=O)OCc1ccccc1.